The summed E-state index contributed by atoms with van der Waals surface area (Å²) in [7, 11) is 0. The number of hydrogen-bond donors (Lipinski definition) is 3. The van der Waals surface area contributed by atoms with Crippen LogP contribution < -0.4 is 22.5 Å². The second kappa shape index (κ2) is 5.08. The summed E-state index contributed by atoms with van der Waals surface area (Å²) in [6.07, 6.45) is 1.16. The number of halogens is 1. The van der Waals surface area contributed by atoms with Gasteiger partial charge in [-0.1, -0.05) is 16.8 Å². The second-order valence-electron chi connectivity index (χ2n) is 3.52. The highest BCUT2D eigenvalue weighted by Gasteiger charge is 2.12. The van der Waals surface area contributed by atoms with Crippen LogP contribution in [0.2, 0.25) is 5.02 Å². The maximum absolute atomic E-state index is 11.5. The Hall–Kier alpha value is -2.39. The highest BCUT2D eigenvalue weighted by atomic mass is 35.5. The van der Waals surface area contributed by atoms with Crippen molar-refractivity contribution >= 4 is 17.5 Å². The van der Waals surface area contributed by atoms with Gasteiger partial charge in [0.05, 0.1) is 6.54 Å². The molecule has 2 aromatic rings. The molecule has 0 aliphatic carbocycles. The van der Waals surface area contributed by atoms with E-state index in [1.165, 1.54) is 6.07 Å². The Morgan fingerprint density at radius 2 is 2.32 bits per heavy atom. The van der Waals surface area contributed by atoms with E-state index in [-0.39, 0.29) is 23.0 Å². The predicted molar refractivity (Wildman–Crippen MR) is 63.6 cm³/mol. The van der Waals surface area contributed by atoms with Crippen LogP contribution in [0, 0.1) is 0 Å². The summed E-state index contributed by atoms with van der Waals surface area (Å²) in [6.45, 7) is -0.0415. The molecule has 1 amide bonds. The molecule has 0 atom stereocenters. The van der Waals surface area contributed by atoms with Gasteiger partial charge in [0.2, 0.25) is 0 Å². The van der Waals surface area contributed by atoms with Crippen LogP contribution in [0.25, 0.3) is 0 Å². The van der Waals surface area contributed by atoms with Crippen molar-refractivity contribution < 1.29 is 9.32 Å². The second-order valence-corrected chi connectivity index (χ2v) is 3.92. The van der Waals surface area contributed by atoms with Gasteiger partial charge >= 0.3 is 5.69 Å². The molecule has 0 aromatic carbocycles. The number of nitrogen functional groups attached to an aromatic ring is 1. The van der Waals surface area contributed by atoms with Crippen LogP contribution in [0.4, 0.5) is 0 Å². The van der Waals surface area contributed by atoms with Crippen LogP contribution in [0.1, 0.15) is 16.2 Å². The number of nitrogens with two attached hydrogens (primary N) is 1. The lowest BCUT2D eigenvalue weighted by molar-refractivity contribution is 0.0944. The fraction of sp³-hybridized carbons (Fsp3) is 0.111. The molecule has 0 saturated heterocycles. The first-order valence-corrected chi connectivity index (χ1v) is 5.35. The van der Waals surface area contributed by atoms with Crippen molar-refractivity contribution in [3.05, 3.63) is 49.6 Å². The summed E-state index contributed by atoms with van der Waals surface area (Å²) >= 11 is 5.60. The van der Waals surface area contributed by atoms with E-state index in [1.807, 2.05) is 10.4 Å². The average Bonchev–Trinajstić information content (AvgIpc) is 2.83. The summed E-state index contributed by atoms with van der Waals surface area (Å²) in [5.41, 5.74) is 0.527. The zero-order valence-corrected chi connectivity index (χ0v) is 10.1. The fourth-order valence-electron chi connectivity index (χ4n) is 1.34. The van der Waals surface area contributed by atoms with Gasteiger partial charge in [0.1, 0.15) is 5.02 Å². The van der Waals surface area contributed by atoms with Gasteiger partial charge in [0.15, 0.2) is 11.5 Å². The maximum atomic E-state index is 11.5. The molecule has 4 N–H and O–H groups in total. The molecule has 0 saturated carbocycles. The van der Waals surface area contributed by atoms with Crippen molar-refractivity contribution in [3.63, 3.8) is 0 Å². The van der Waals surface area contributed by atoms with Crippen LogP contribution >= 0.6 is 11.6 Å². The Morgan fingerprint density at radius 1 is 1.58 bits per heavy atom. The van der Waals surface area contributed by atoms with E-state index in [2.05, 4.69) is 5.16 Å². The third kappa shape index (κ3) is 2.72. The molecule has 9 nitrogen and oxygen atoms in total. The van der Waals surface area contributed by atoms with Crippen molar-refractivity contribution in [2.24, 2.45) is 5.84 Å². The molecule has 0 aliphatic rings. The largest absolute Gasteiger partial charge is 0.359 e. The van der Waals surface area contributed by atoms with Gasteiger partial charge < -0.3 is 4.52 Å². The first-order valence-electron chi connectivity index (χ1n) is 4.97. The lowest BCUT2D eigenvalue weighted by Gasteiger charge is -2.01. The number of hydrogen-bond acceptors (Lipinski definition) is 6. The van der Waals surface area contributed by atoms with Crippen LogP contribution in [0.15, 0.2) is 26.4 Å². The van der Waals surface area contributed by atoms with E-state index >= 15 is 0 Å². The Bertz CT molecular complexity index is 731. The number of aromatic nitrogens is 3. The van der Waals surface area contributed by atoms with Crippen LogP contribution in [0.3, 0.4) is 0 Å². The number of hydrazine groups is 1. The molecular formula is C9H8ClN5O4. The van der Waals surface area contributed by atoms with Crippen molar-refractivity contribution in [3.8, 4) is 0 Å². The van der Waals surface area contributed by atoms with Crippen LogP contribution in [-0.2, 0) is 6.54 Å². The number of nitrogens with zero attached hydrogens (tertiary/aromatic N) is 2. The van der Waals surface area contributed by atoms with E-state index in [0.29, 0.717) is 0 Å². The summed E-state index contributed by atoms with van der Waals surface area (Å²) in [4.78, 5) is 35.7. The van der Waals surface area contributed by atoms with E-state index in [0.717, 1.165) is 10.8 Å². The van der Waals surface area contributed by atoms with Crippen molar-refractivity contribution in [2.45, 2.75) is 6.54 Å². The molecule has 0 aliphatic heterocycles. The highest BCUT2D eigenvalue weighted by Crippen LogP contribution is 2.05. The smallest absolute Gasteiger partial charge is 0.328 e. The SMILES string of the molecule is NNC(=O)c1cc(Cn2cc(Cl)c(=O)[nH]c2=O)on1. The molecule has 0 radical (unpaired) electrons. The molecule has 0 unspecified atom stereocenters. The van der Waals surface area contributed by atoms with Crippen molar-refractivity contribution in [2.75, 3.05) is 0 Å². The molecule has 0 bridgehead atoms. The fourth-order valence-corrected chi connectivity index (χ4v) is 1.50. The number of rotatable bonds is 3. The Morgan fingerprint density at radius 3 is 3.00 bits per heavy atom. The van der Waals surface area contributed by atoms with Gasteiger partial charge in [-0.15, -0.1) is 0 Å². The Kier molecular flexibility index (Phi) is 3.49. The third-order valence-electron chi connectivity index (χ3n) is 2.22. The quantitative estimate of drug-likeness (QED) is 0.369. The number of amides is 1. The molecule has 100 valence electrons. The predicted octanol–water partition coefficient (Wildman–Crippen LogP) is -1.17. The molecule has 0 fully saturated rings. The minimum absolute atomic E-state index is 0.0268. The zero-order chi connectivity index (χ0) is 14.0. The molecule has 2 heterocycles. The first kappa shape index (κ1) is 13.1. The summed E-state index contributed by atoms with van der Waals surface area (Å²) in [5.74, 6) is 4.54. The van der Waals surface area contributed by atoms with Gasteiger partial charge in [0, 0.05) is 12.3 Å². The average molecular weight is 286 g/mol. The highest BCUT2D eigenvalue weighted by molar-refractivity contribution is 6.30. The monoisotopic (exact) mass is 285 g/mol. The first-order chi connectivity index (χ1) is 9.01. The van der Waals surface area contributed by atoms with Gasteiger partial charge in [0.25, 0.3) is 11.5 Å². The Labute approximate surface area is 109 Å². The number of carbonyl (C=O) groups excluding carboxylic acids is 1. The van der Waals surface area contributed by atoms with Crippen LogP contribution in [0.5, 0.6) is 0 Å². The molecular weight excluding hydrogens is 278 g/mol. The van der Waals surface area contributed by atoms with Crippen molar-refractivity contribution in [1.29, 1.82) is 0 Å². The minimum Gasteiger partial charge on any atom is -0.359 e. The van der Waals surface area contributed by atoms with Gasteiger partial charge in [-0.05, 0) is 0 Å². The molecule has 0 spiro atoms. The number of nitrogens with one attached hydrogen (secondary N) is 2. The Balaban J connectivity index is 2.29. The third-order valence-corrected chi connectivity index (χ3v) is 2.49. The van der Waals surface area contributed by atoms with Gasteiger partial charge in [-0.25, -0.2) is 10.6 Å². The minimum atomic E-state index is -0.677. The lowest BCUT2D eigenvalue weighted by Crippen LogP contribution is -2.30. The zero-order valence-electron chi connectivity index (χ0n) is 9.34. The van der Waals surface area contributed by atoms with E-state index in [1.54, 1.807) is 0 Å². The molecule has 2 rings (SSSR count). The van der Waals surface area contributed by atoms with Crippen molar-refractivity contribution in [1.82, 2.24) is 20.1 Å². The lowest BCUT2D eigenvalue weighted by atomic mass is 10.3. The maximum Gasteiger partial charge on any atom is 0.328 e. The summed E-state index contributed by atoms with van der Waals surface area (Å²) in [5, 5.41) is 3.33. The number of aromatic amines is 1. The topological polar surface area (TPSA) is 136 Å². The van der Waals surface area contributed by atoms with E-state index in [9.17, 15) is 14.4 Å². The van der Waals surface area contributed by atoms with E-state index < -0.39 is 17.2 Å². The van der Waals surface area contributed by atoms with Crippen LogP contribution in [-0.4, -0.2) is 20.6 Å². The van der Waals surface area contributed by atoms with Gasteiger partial charge in [-0.2, -0.15) is 0 Å². The van der Waals surface area contributed by atoms with E-state index in [4.69, 9.17) is 22.0 Å². The standard InChI is InChI=1S/C9H8ClN5O4/c10-5-3-15(9(18)12-7(5)16)2-4-1-6(14-19-4)8(17)13-11/h1,3H,2,11H2,(H,13,17)(H,12,16,18). The molecule has 2 aromatic heterocycles. The molecule has 10 heteroatoms. The summed E-state index contributed by atoms with van der Waals surface area (Å²) < 4.78 is 5.96. The number of H-pyrrole nitrogens is 1. The normalized spacial score (nSPS) is 10.4. The summed E-state index contributed by atoms with van der Waals surface area (Å²) in [6, 6.07) is 1.31. The van der Waals surface area contributed by atoms with Gasteiger partial charge in [-0.3, -0.25) is 24.6 Å². The molecule has 19 heavy (non-hydrogen) atoms. The number of carbonyl (C=O) groups is 1.